The molecule has 15 rings (SSSR count). The fourth-order valence-corrected chi connectivity index (χ4v) is 14.2. The lowest BCUT2D eigenvalue weighted by molar-refractivity contribution is 0.660. The van der Waals surface area contributed by atoms with Gasteiger partial charge in [0.1, 0.15) is 5.01 Å². The maximum absolute atomic E-state index is 5.32. The van der Waals surface area contributed by atoms with Crippen molar-refractivity contribution >= 4 is 108 Å². The number of hydrogen-bond acceptors (Lipinski definition) is 4. The minimum absolute atomic E-state index is 0.142. The number of rotatable bonds is 6. The van der Waals surface area contributed by atoms with E-state index in [9.17, 15) is 0 Å². The van der Waals surface area contributed by atoms with E-state index in [-0.39, 0.29) is 5.41 Å². The molecule has 69 heavy (non-hydrogen) atoms. The molecule has 1 aliphatic rings. The van der Waals surface area contributed by atoms with Gasteiger partial charge in [-0.05, 0) is 99.1 Å². The molecule has 10 aromatic carbocycles. The van der Waals surface area contributed by atoms with E-state index < -0.39 is 0 Å². The first kappa shape index (κ1) is 39.0. The second-order valence-corrected chi connectivity index (χ2v) is 21.1. The number of fused-ring (bicyclic) bond motifs is 14. The molecule has 0 bridgehead atoms. The first-order valence-electron chi connectivity index (χ1n) is 23.7. The van der Waals surface area contributed by atoms with Gasteiger partial charge in [0, 0.05) is 69.8 Å². The van der Waals surface area contributed by atoms with Crippen LogP contribution in [0.2, 0.25) is 0 Å². The minimum atomic E-state index is -0.142. The summed E-state index contributed by atoms with van der Waals surface area (Å²) in [5.41, 5.74) is 19.5. The third-order valence-electron chi connectivity index (χ3n) is 15.0. The molecular weight excluding hydrogens is 875 g/mol. The van der Waals surface area contributed by atoms with Crippen LogP contribution in [0.3, 0.4) is 0 Å². The smallest absolute Gasteiger partial charge is 0.124 e. The number of aromatic nitrogens is 2. The Labute approximate surface area is 406 Å². The normalized spacial score (nSPS) is 13.2. The van der Waals surface area contributed by atoms with Gasteiger partial charge in [-0.25, -0.2) is 4.98 Å². The van der Waals surface area contributed by atoms with Gasteiger partial charge in [0.15, 0.2) is 0 Å². The fourth-order valence-electron chi connectivity index (χ4n) is 11.7. The maximum atomic E-state index is 5.32. The SMILES string of the molecule is CC1(C)c2ccccc2-c2ccc(N(c3ccc(-c4cccc5c4sc4c(-c6ccccc6)cccc45)cc3)c3ccc4c(c3)c3cc5nc(-c6ccccc6)sc5c5c6ccccc6n4c35)cc21. The number of para-hydroxylation sites is 1. The highest BCUT2D eigenvalue weighted by atomic mass is 32.1. The Bertz CT molecular complexity index is 4390. The zero-order valence-corrected chi connectivity index (χ0v) is 39.5. The third-order valence-corrected chi connectivity index (χ3v) is 17.4. The Balaban J connectivity index is 0.925. The number of benzene rings is 10. The van der Waals surface area contributed by atoms with Crippen LogP contribution >= 0.6 is 22.7 Å². The summed E-state index contributed by atoms with van der Waals surface area (Å²) in [5.74, 6) is 0. The molecule has 0 unspecified atom stereocenters. The van der Waals surface area contributed by atoms with Gasteiger partial charge in [-0.15, -0.1) is 22.7 Å². The summed E-state index contributed by atoms with van der Waals surface area (Å²) in [6.45, 7) is 4.74. The summed E-state index contributed by atoms with van der Waals surface area (Å²) in [7, 11) is 0. The molecule has 0 fully saturated rings. The van der Waals surface area contributed by atoms with Gasteiger partial charge in [-0.3, -0.25) is 0 Å². The van der Waals surface area contributed by atoms with Crippen molar-refractivity contribution in [2.45, 2.75) is 19.3 Å². The van der Waals surface area contributed by atoms with Gasteiger partial charge in [-0.1, -0.05) is 172 Å². The predicted octanol–water partition coefficient (Wildman–Crippen LogP) is 18.6. The van der Waals surface area contributed by atoms with Crippen molar-refractivity contribution in [3.8, 4) is 44.0 Å². The number of thiophene rings is 1. The Kier molecular flexibility index (Phi) is 8.16. The first-order chi connectivity index (χ1) is 34.0. The van der Waals surface area contributed by atoms with E-state index >= 15 is 0 Å². The van der Waals surface area contributed by atoms with Crippen molar-refractivity contribution in [1.29, 1.82) is 0 Å². The molecule has 5 heteroatoms. The zero-order valence-electron chi connectivity index (χ0n) is 37.9. The Morgan fingerprint density at radius 1 is 0.406 bits per heavy atom. The van der Waals surface area contributed by atoms with Crippen molar-refractivity contribution in [2.75, 3.05) is 4.90 Å². The van der Waals surface area contributed by atoms with Gasteiger partial charge in [-0.2, -0.15) is 0 Å². The van der Waals surface area contributed by atoms with E-state index in [0.29, 0.717) is 0 Å². The van der Waals surface area contributed by atoms with Gasteiger partial charge in [0.05, 0.1) is 26.8 Å². The van der Waals surface area contributed by atoms with Crippen LogP contribution < -0.4 is 4.90 Å². The second-order valence-electron chi connectivity index (χ2n) is 19.1. The lowest BCUT2D eigenvalue weighted by atomic mass is 9.82. The molecule has 14 aromatic rings. The molecule has 324 valence electrons. The van der Waals surface area contributed by atoms with Crippen LogP contribution in [0.4, 0.5) is 17.1 Å². The quantitative estimate of drug-likeness (QED) is 0.166. The summed E-state index contributed by atoms with van der Waals surface area (Å²) in [6.07, 6.45) is 0. The molecule has 0 spiro atoms. The summed E-state index contributed by atoms with van der Waals surface area (Å²) in [4.78, 5) is 7.79. The minimum Gasteiger partial charge on any atom is -0.310 e. The van der Waals surface area contributed by atoms with E-state index in [2.05, 4.69) is 235 Å². The number of hydrogen-bond donors (Lipinski definition) is 0. The Hall–Kier alpha value is -8.09. The average molecular weight is 916 g/mol. The van der Waals surface area contributed by atoms with Crippen LogP contribution in [-0.4, -0.2) is 9.38 Å². The Morgan fingerprint density at radius 3 is 1.75 bits per heavy atom. The van der Waals surface area contributed by atoms with Crippen molar-refractivity contribution in [2.24, 2.45) is 0 Å². The van der Waals surface area contributed by atoms with Gasteiger partial charge in [0.2, 0.25) is 0 Å². The highest BCUT2D eigenvalue weighted by Crippen LogP contribution is 2.52. The van der Waals surface area contributed by atoms with E-state index in [0.717, 1.165) is 33.1 Å². The number of anilines is 3. The molecule has 0 radical (unpaired) electrons. The lowest BCUT2D eigenvalue weighted by Gasteiger charge is -2.28. The van der Waals surface area contributed by atoms with Crippen LogP contribution in [0.25, 0.3) is 112 Å². The largest absolute Gasteiger partial charge is 0.310 e. The Morgan fingerprint density at radius 2 is 0.986 bits per heavy atom. The van der Waals surface area contributed by atoms with E-state index in [1.54, 1.807) is 11.3 Å². The van der Waals surface area contributed by atoms with Crippen LogP contribution in [-0.2, 0) is 5.41 Å². The van der Waals surface area contributed by atoms with Crippen LogP contribution in [0, 0.1) is 0 Å². The van der Waals surface area contributed by atoms with Crippen molar-refractivity contribution in [3.63, 3.8) is 0 Å². The van der Waals surface area contributed by atoms with E-state index in [4.69, 9.17) is 4.98 Å². The molecule has 0 saturated carbocycles. The second kappa shape index (κ2) is 14.5. The zero-order chi connectivity index (χ0) is 45.5. The summed E-state index contributed by atoms with van der Waals surface area (Å²) in [5, 5.41) is 8.65. The fraction of sp³-hybridized carbons (Fsp3) is 0.0469. The molecule has 0 amide bonds. The summed E-state index contributed by atoms with van der Waals surface area (Å²) in [6, 6.07) is 78.5. The lowest BCUT2D eigenvalue weighted by Crippen LogP contribution is -2.16. The molecule has 0 N–H and O–H groups in total. The third kappa shape index (κ3) is 5.57. The molecular formula is C64H41N3S2. The van der Waals surface area contributed by atoms with Crippen LogP contribution in [0.1, 0.15) is 25.0 Å². The molecule has 0 saturated heterocycles. The predicted molar refractivity (Wildman–Crippen MR) is 296 cm³/mol. The monoisotopic (exact) mass is 915 g/mol. The van der Waals surface area contributed by atoms with Crippen molar-refractivity contribution < 1.29 is 0 Å². The summed E-state index contributed by atoms with van der Waals surface area (Å²) < 4.78 is 6.37. The average Bonchev–Trinajstić information content (AvgIpc) is 4.21. The molecule has 3 nitrogen and oxygen atoms in total. The van der Waals surface area contributed by atoms with E-state index in [1.807, 2.05) is 11.3 Å². The molecule has 1 aliphatic carbocycles. The van der Waals surface area contributed by atoms with Gasteiger partial charge >= 0.3 is 0 Å². The first-order valence-corrected chi connectivity index (χ1v) is 25.3. The van der Waals surface area contributed by atoms with Crippen molar-refractivity contribution in [1.82, 2.24) is 9.38 Å². The van der Waals surface area contributed by atoms with Gasteiger partial charge < -0.3 is 9.30 Å². The maximum Gasteiger partial charge on any atom is 0.124 e. The highest BCUT2D eigenvalue weighted by Gasteiger charge is 2.36. The van der Waals surface area contributed by atoms with Gasteiger partial charge in [0.25, 0.3) is 0 Å². The summed E-state index contributed by atoms with van der Waals surface area (Å²) >= 11 is 3.70. The molecule has 4 heterocycles. The molecule has 0 aliphatic heterocycles. The van der Waals surface area contributed by atoms with E-state index in [1.165, 1.54) is 107 Å². The number of thiazole rings is 1. The van der Waals surface area contributed by atoms with Crippen molar-refractivity contribution in [3.05, 3.63) is 223 Å². The standard InChI is InChI=1S/C64H41N3S2/c1-64(2)53-25-11-9-19-46(53)47-33-31-43(36-54(47)64)66(41-29-27-39(28-30-41)45-22-14-24-49-48-23-13-21-44(60(48)68-61(45)49)38-15-5-3-6-16-38)42-32-34-57-51(35-42)52-37-55-62(69-63(65-55)40-17-7-4-8-18-40)58-50-20-10-12-26-56(50)67(57)59(52)58/h3-37H,1-2H3. The molecule has 4 aromatic heterocycles. The van der Waals surface area contributed by atoms with Crippen LogP contribution in [0.5, 0.6) is 0 Å². The molecule has 0 atom stereocenters. The highest BCUT2D eigenvalue weighted by molar-refractivity contribution is 7.27. The topological polar surface area (TPSA) is 20.5 Å². The van der Waals surface area contributed by atoms with Crippen LogP contribution in [0.15, 0.2) is 212 Å². The number of nitrogens with zero attached hydrogens (tertiary/aromatic N) is 3.